The first-order valence-electron chi connectivity index (χ1n) is 18.3. The van der Waals surface area contributed by atoms with E-state index in [4.69, 9.17) is 16.1 Å². The average Bonchev–Trinajstić information content (AvgIpc) is 3.90. The Balaban J connectivity index is 1.12. The van der Waals surface area contributed by atoms with Crippen LogP contribution in [0.5, 0.6) is 11.8 Å². The summed E-state index contributed by atoms with van der Waals surface area (Å²) in [7, 11) is 1.71. The number of pyridine rings is 1. The van der Waals surface area contributed by atoms with Crippen molar-refractivity contribution in [3.63, 3.8) is 0 Å². The molecule has 9 rings (SSSR count). The van der Waals surface area contributed by atoms with Crippen LogP contribution >= 0.6 is 0 Å². The number of phenols is 1. The first-order valence-corrected chi connectivity index (χ1v) is 18.3. The van der Waals surface area contributed by atoms with Crippen molar-refractivity contribution in [3.8, 4) is 35.4 Å². The summed E-state index contributed by atoms with van der Waals surface area (Å²) in [5, 5.41) is 11.4. The van der Waals surface area contributed by atoms with Crippen LogP contribution in [0.15, 0.2) is 48.7 Å². The normalized spacial score (nSPS) is 23.9. The highest BCUT2D eigenvalue weighted by molar-refractivity contribution is 6.03. The summed E-state index contributed by atoms with van der Waals surface area (Å²) < 4.78 is 69.9. The number of benzene rings is 2. The highest BCUT2D eigenvalue weighted by atomic mass is 19.1. The molecule has 11 nitrogen and oxygen atoms in total. The summed E-state index contributed by atoms with van der Waals surface area (Å²) in [6.07, 6.45) is 13.6. The van der Waals surface area contributed by atoms with Gasteiger partial charge in [-0.05, 0) is 55.8 Å². The van der Waals surface area contributed by atoms with E-state index in [-0.39, 0.29) is 76.7 Å². The number of aryl methyl sites for hydroxylation is 1. The number of imidazole rings is 1. The topological polar surface area (TPSA) is 113 Å². The van der Waals surface area contributed by atoms with Gasteiger partial charge < -0.3 is 24.2 Å². The van der Waals surface area contributed by atoms with Gasteiger partial charge in [0, 0.05) is 68.7 Å². The second kappa shape index (κ2) is 13.2. The van der Waals surface area contributed by atoms with E-state index in [2.05, 4.69) is 25.8 Å². The fraction of sp³-hybridized carbons (Fsp3) is 0.375. The predicted octanol–water partition coefficient (Wildman–Crippen LogP) is 5.69. The summed E-state index contributed by atoms with van der Waals surface area (Å²) in [6.45, 7) is 1.68. The van der Waals surface area contributed by atoms with Crippen molar-refractivity contribution in [2.75, 3.05) is 37.7 Å². The van der Waals surface area contributed by atoms with Gasteiger partial charge in [-0.1, -0.05) is 12.0 Å². The number of nitrogens with zero attached hydrogens (tertiary/aromatic N) is 8. The maximum atomic E-state index is 17.1. The molecule has 1 amide bonds. The Hall–Kier alpha value is -5.75. The standard InChI is InChI=1S/C40H36F4N8O3/c1-3-27-30(42)8-5-22-13-26(53)14-28(33(22)27)35-34(44)36-29(17-46-35)37(48-39(47-36)55-21-40-9-4-11-51(40)18-23(41)16-40)50-19-24-6-7-25(20-50)52(24)38(54)31(43)15-32-45-10-12-49(32)2/h1,5,8,10,12-15,17,23-25,53H,4,6-7,9,11,16,18-21H2,2H3/b31-15-/t23-,24?,25?,40+/m1/s1. The first kappa shape index (κ1) is 35.0. The molecule has 3 aromatic heterocycles. The molecule has 15 heteroatoms. The Morgan fingerprint density at radius 2 is 1.95 bits per heavy atom. The molecule has 7 heterocycles. The molecular weight excluding hydrogens is 716 g/mol. The Morgan fingerprint density at radius 3 is 2.69 bits per heavy atom. The molecule has 55 heavy (non-hydrogen) atoms. The van der Waals surface area contributed by atoms with Gasteiger partial charge in [0.05, 0.1) is 28.6 Å². The first-order chi connectivity index (χ1) is 26.5. The number of amides is 1. The second-order valence-corrected chi connectivity index (χ2v) is 14.9. The van der Waals surface area contributed by atoms with Crippen molar-refractivity contribution in [1.29, 1.82) is 0 Å². The van der Waals surface area contributed by atoms with E-state index < -0.39 is 35.1 Å². The zero-order valence-electron chi connectivity index (χ0n) is 29.9. The van der Waals surface area contributed by atoms with Crippen molar-refractivity contribution >= 4 is 39.5 Å². The number of aromatic hydroxyl groups is 1. The summed E-state index contributed by atoms with van der Waals surface area (Å²) >= 11 is 0. The summed E-state index contributed by atoms with van der Waals surface area (Å²) in [5.74, 6) is -0.464. The lowest BCUT2D eigenvalue weighted by Gasteiger charge is -2.41. The molecule has 0 spiro atoms. The number of carbonyl (C=O) groups is 1. The fourth-order valence-corrected chi connectivity index (χ4v) is 9.14. The minimum Gasteiger partial charge on any atom is -0.508 e. The molecule has 0 aliphatic carbocycles. The second-order valence-electron chi connectivity index (χ2n) is 14.9. The van der Waals surface area contributed by atoms with Crippen molar-refractivity contribution < 1.29 is 32.2 Å². The van der Waals surface area contributed by atoms with E-state index in [1.807, 2.05) is 4.90 Å². The van der Waals surface area contributed by atoms with Crippen LogP contribution in [0.25, 0.3) is 39.0 Å². The zero-order valence-corrected chi connectivity index (χ0v) is 29.9. The number of rotatable bonds is 7. The number of halogens is 4. The highest BCUT2D eigenvalue weighted by Crippen LogP contribution is 2.43. The van der Waals surface area contributed by atoms with E-state index >= 15 is 8.78 Å². The Bertz CT molecular complexity index is 2450. The molecule has 4 aliphatic heterocycles. The molecule has 0 saturated carbocycles. The number of carbonyl (C=O) groups excluding carboxylic acids is 1. The predicted molar refractivity (Wildman–Crippen MR) is 196 cm³/mol. The van der Waals surface area contributed by atoms with Gasteiger partial charge in [-0.25, -0.2) is 22.5 Å². The molecule has 1 N–H and O–H groups in total. The number of alkyl halides is 1. The minimum absolute atomic E-state index is 0.0655. The number of terminal acetylenes is 1. The van der Waals surface area contributed by atoms with Gasteiger partial charge in [0.25, 0.3) is 5.91 Å². The van der Waals surface area contributed by atoms with Gasteiger partial charge in [-0.15, -0.1) is 6.42 Å². The molecule has 2 unspecified atom stereocenters. The maximum absolute atomic E-state index is 17.1. The van der Waals surface area contributed by atoms with Gasteiger partial charge >= 0.3 is 6.01 Å². The third-order valence-electron chi connectivity index (χ3n) is 11.7. The molecule has 4 saturated heterocycles. The lowest BCUT2D eigenvalue weighted by atomic mass is 9.95. The van der Waals surface area contributed by atoms with Crippen LogP contribution in [0.1, 0.15) is 43.5 Å². The van der Waals surface area contributed by atoms with Crippen LogP contribution in [0.3, 0.4) is 0 Å². The van der Waals surface area contributed by atoms with Gasteiger partial charge in [0.15, 0.2) is 11.6 Å². The molecular formula is C40H36F4N8O3. The Kier molecular flexibility index (Phi) is 8.41. The molecule has 282 valence electrons. The van der Waals surface area contributed by atoms with Crippen LogP contribution < -0.4 is 9.64 Å². The van der Waals surface area contributed by atoms with Crippen LogP contribution in [0.2, 0.25) is 0 Å². The third kappa shape index (κ3) is 5.81. The molecule has 4 fully saturated rings. The zero-order chi connectivity index (χ0) is 38.2. The van der Waals surface area contributed by atoms with Crippen molar-refractivity contribution in [3.05, 3.63) is 71.7 Å². The lowest BCUT2D eigenvalue weighted by Crippen LogP contribution is -2.56. The smallest absolute Gasteiger partial charge is 0.319 e. The Morgan fingerprint density at radius 1 is 1.15 bits per heavy atom. The summed E-state index contributed by atoms with van der Waals surface area (Å²) in [4.78, 5) is 36.9. The molecule has 2 bridgehead atoms. The highest BCUT2D eigenvalue weighted by Gasteiger charge is 2.50. The SMILES string of the molecule is C#Cc1c(F)ccc2cc(O)cc(-c3ncc4c(N5CC6CCC(C5)N6C(=O)/C(F)=C/c5nccn5C)nc(OC[C@@]56CCCN5C[C@H](F)C6)nc4c3F)c12. The summed E-state index contributed by atoms with van der Waals surface area (Å²) in [6, 6.07) is 4.42. The van der Waals surface area contributed by atoms with Gasteiger partial charge in [-0.2, -0.15) is 9.97 Å². The van der Waals surface area contributed by atoms with E-state index in [9.17, 15) is 18.7 Å². The van der Waals surface area contributed by atoms with E-state index in [1.165, 1.54) is 36.7 Å². The summed E-state index contributed by atoms with van der Waals surface area (Å²) in [5.41, 5.74) is -0.957. The van der Waals surface area contributed by atoms with E-state index in [0.717, 1.165) is 25.5 Å². The van der Waals surface area contributed by atoms with Crippen LogP contribution in [0, 0.1) is 24.0 Å². The number of ether oxygens (including phenoxy) is 1. The van der Waals surface area contributed by atoms with Gasteiger partial charge in [-0.3, -0.25) is 14.7 Å². The lowest BCUT2D eigenvalue weighted by molar-refractivity contribution is -0.131. The van der Waals surface area contributed by atoms with Gasteiger partial charge in [0.2, 0.25) is 0 Å². The number of anilines is 1. The quantitative estimate of drug-likeness (QED) is 0.127. The minimum atomic E-state index is -0.990. The average molecular weight is 753 g/mol. The van der Waals surface area contributed by atoms with Gasteiger partial charge in [0.1, 0.15) is 47.2 Å². The number of fused-ring (bicyclic) bond motifs is 5. The van der Waals surface area contributed by atoms with Crippen LogP contribution in [0.4, 0.5) is 23.4 Å². The molecule has 4 aliphatic rings. The van der Waals surface area contributed by atoms with Crippen molar-refractivity contribution in [2.45, 2.75) is 55.9 Å². The van der Waals surface area contributed by atoms with Crippen LogP contribution in [-0.4, -0.2) is 102 Å². The monoisotopic (exact) mass is 752 g/mol. The third-order valence-corrected chi connectivity index (χ3v) is 11.7. The number of aromatic nitrogens is 5. The van der Waals surface area contributed by atoms with Crippen molar-refractivity contribution in [1.82, 2.24) is 34.3 Å². The van der Waals surface area contributed by atoms with Crippen molar-refractivity contribution in [2.24, 2.45) is 7.05 Å². The number of piperazine rings is 1. The van der Waals surface area contributed by atoms with E-state index in [0.29, 0.717) is 42.8 Å². The number of hydrogen-bond acceptors (Lipinski definition) is 9. The Labute approximate surface area is 313 Å². The largest absolute Gasteiger partial charge is 0.508 e. The molecule has 2 aromatic carbocycles. The number of hydrogen-bond donors (Lipinski definition) is 1. The maximum Gasteiger partial charge on any atom is 0.319 e. The van der Waals surface area contributed by atoms with E-state index in [1.54, 1.807) is 22.7 Å². The molecule has 4 atom stereocenters. The molecule has 5 aromatic rings. The molecule has 0 radical (unpaired) electrons. The number of phenolic OH excluding ortho intramolecular Hbond substituents is 1. The fourth-order valence-electron chi connectivity index (χ4n) is 9.14. The van der Waals surface area contributed by atoms with Crippen LogP contribution in [-0.2, 0) is 11.8 Å².